The molecule has 0 aromatic heterocycles. The number of Topliss-reactive ketones (excluding diaryl/α,β-unsaturated/α-hetero) is 2. The van der Waals surface area contributed by atoms with Gasteiger partial charge in [0.05, 0.1) is 0 Å². The van der Waals surface area contributed by atoms with E-state index in [0.717, 1.165) is 0 Å². The third kappa shape index (κ3) is 4.51. The Kier molecular flexibility index (Phi) is 6.34. The molecule has 0 heterocycles. The van der Waals surface area contributed by atoms with E-state index in [4.69, 9.17) is 5.73 Å². The van der Waals surface area contributed by atoms with Crippen LogP contribution in [0.25, 0.3) is 0 Å². The van der Waals surface area contributed by atoms with Crippen molar-refractivity contribution in [2.24, 2.45) is 5.73 Å². The largest absolute Gasteiger partial charge is 0.315 e. The van der Waals surface area contributed by atoms with Gasteiger partial charge in [-0.15, -0.1) is 0 Å². The second kappa shape index (κ2) is 4.85. The minimum atomic E-state index is -0.907. The van der Waals surface area contributed by atoms with Gasteiger partial charge < -0.3 is 5.73 Å². The van der Waals surface area contributed by atoms with Gasteiger partial charge in [-0.3, -0.25) is 9.59 Å². The zero-order valence-electron chi connectivity index (χ0n) is 5.47. The van der Waals surface area contributed by atoms with Gasteiger partial charge in [0.25, 0.3) is 0 Å². The Morgan fingerprint density at radius 3 is 1.44 bits per heavy atom. The molecule has 0 unspecified atom stereocenters. The normalized spacial score (nSPS) is 8.44. The number of carbonyl (C=O) groups excluding carboxylic acids is 2. The maximum absolute atomic E-state index is 10.2. The van der Waals surface area contributed by atoms with E-state index < -0.39 is 6.04 Å². The van der Waals surface area contributed by atoms with Crippen molar-refractivity contribution >= 4 is 11.6 Å². The fourth-order valence-corrected chi connectivity index (χ4v) is 0.286. The van der Waals surface area contributed by atoms with Crippen molar-refractivity contribution in [3.63, 3.8) is 0 Å². The van der Waals surface area contributed by atoms with Crippen molar-refractivity contribution in [2.75, 3.05) is 0 Å². The predicted octanol–water partition coefficient (Wildman–Crippen LogP) is -0.511. The van der Waals surface area contributed by atoms with Crippen LogP contribution in [-0.4, -0.2) is 17.6 Å². The van der Waals surface area contributed by atoms with Crippen molar-refractivity contribution in [2.45, 2.75) is 19.9 Å². The average molecular weight is 163 g/mol. The van der Waals surface area contributed by atoms with Gasteiger partial charge in [-0.1, -0.05) is 0 Å². The van der Waals surface area contributed by atoms with Crippen LogP contribution in [0, 0.1) is 0 Å². The first-order chi connectivity index (χ1) is 3.55. The first kappa shape index (κ1) is 11.8. The summed E-state index contributed by atoms with van der Waals surface area (Å²) in [5, 5.41) is 0. The average Bonchev–Trinajstić information content (AvgIpc) is 1.64. The number of hydrogen-bond acceptors (Lipinski definition) is 3. The molecule has 0 rings (SSSR count). The molecular formula is C5H9NO2Ti. The van der Waals surface area contributed by atoms with E-state index in [1.807, 2.05) is 0 Å². The van der Waals surface area contributed by atoms with Gasteiger partial charge in [0, 0.05) is 21.7 Å². The van der Waals surface area contributed by atoms with Crippen LogP contribution >= 0.6 is 0 Å². The molecule has 3 nitrogen and oxygen atoms in total. The van der Waals surface area contributed by atoms with Crippen LogP contribution < -0.4 is 5.73 Å². The molecule has 0 aliphatic heterocycles. The van der Waals surface area contributed by atoms with Gasteiger partial charge >= 0.3 is 0 Å². The maximum Gasteiger partial charge on any atom is 0.154 e. The van der Waals surface area contributed by atoms with E-state index in [1.54, 1.807) is 0 Å². The van der Waals surface area contributed by atoms with E-state index in [1.165, 1.54) is 13.8 Å². The summed E-state index contributed by atoms with van der Waals surface area (Å²) in [6, 6.07) is -0.907. The van der Waals surface area contributed by atoms with E-state index in [2.05, 4.69) is 0 Å². The molecular weight excluding hydrogens is 154 g/mol. The second-order valence-electron chi connectivity index (χ2n) is 1.70. The second-order valence-corrected chi connectivity index (χ2v) is 1.70. The van der Waals surface area contributed by atoms with Crippen molar-refractivity contribution in [1.29, 1.82) is 0 Å². The molecule has 0 aromatic rings. The van der Waals surface area contributed by atoms with Crippen molar-refractivity contribution in [1.82, 2.24) is 0 Å². The van der Waals surface area contributed by atoms with Crippen molar-refractivity contribution < 1.29 is 31.3 Å². The maximum atomic E-state index is 10.2. The van der Waals surface area contributed by atoms with Crippen LogP contribution in [0.4, 0.5) is 0 Å². The molecule has 0 aromatic carbocycles. The third-order valence-electron chi connectivity index (χ3n) is 0.876. The summed E-state index contributed by atoms with van der Waals surface area (Å²) in [5.74, 6) is -0.560. The first-order valence-corrected chi connectivity index (χ1v) is 2.32. The Labute approximate surface area is 68.9 Å². The molecule has 0 atom stereocenters. The van der Waals surface area contributed by atoms with E-state index in [-0.39, 0.29) is 33.3 Å². The smallest absolute Gasteiger partial charge is 0.154 e. The quantitative estimate of drug-likeness (QED) is 0.440. The predicted molar refractivity (Wildman–Crippen MR) is 29.3 cm³/mol. The van der Waals surface area contributed by atoms with Crippen LogP contribution in [0.1, 0.15) is 13.8 Å². The third-order valence-corrected chi connectivity index (χ3v) is 0.876. The number of rotatable bonds is 2. The topological polar surface area (TPSA) is 60.2 Å². The van der Waals surface area contributed by atoms with Gasteiger partial charge in [-0.2, -0.15) is 0 Å². The molecule has 9 heavy (non-hydrogen) atoms. The number of ketones is 2. The Hall–Kier alpha value is 0.0143. The monoisotopic (exact) mass is 163 g/mol. The minimum Gasteiger partial charge on any atom is -0.315 e. The molecule has 0 bridgehead atoms. The molecule has 0 amide bonds. The Morgan fingerprint density at radius 1 is 1.22 bits per heavy atom. The van der Waals surface area contributed by atoms with E-state index in [0.29, 0.717) is 0 Å². The van der Waals surface area contributed by atoms with Gasteiger partial charge in [0.15, 0.2) is 11.6 Å². The van der Waals surface area contributed by atoms with E-state index >= 15 is 0 Å². The fraction of sp³-hybridized carbons (Fsp3) is 0.600. The molecule has 0 spiro atoms. The molecule has 4 heteroatoms. The number of carbonyl (C=O) groups is 2. The van der Waals surface area contributed by atoms with Gasteiger partial charge in [0.1, 0.15) is 6.04 Å². The molecule has 0 saturated heterocycles. The summed E-state index contributed by atoms with van der Waals surface area (Å²) < 4.78 is 0. The van der Waals surface area contributed by atoms with Crippen LogP contribution in [0.3, 0.4) is 0 Å². The van der Waals surface area contributed by atoms with Crippen LogP contribution in [0.15, 0.2) is 0 Å². The minimum absolute atomic E-state index is 0. The summed E-state index contributed by atoms with van der Waals surface area (Å²) in [5.41, 5.74) is 5.06. The molecule has 0 saturated carbocycles. The van der Waals surface area contributed by atoms with Gasteiger partial charge in [-0.25, -0.2) is 0 Å². The first-order valence-electron chi connectivity index (χ1n) is 2.32. The zero-order chi connectivity index (χ0) is 6.73. The molecule has 0 aliphatic carbocycles. The van der Waals surface area contributed by atoms with Crippen LogP contribution in [0.2, 0.25) is 0 Å². The van der Waals surface area contributed by atoms with Gasteiger partial charge in [-0.05, 0) is 13.8 Å². The van der Waals surface area contributed by atoms with Crippen molar-refractivity contribution in [3.05, 3.63) is 0 Å². The molecule has 50 valence electrons. The Bertz CT molecular complexity index is 110. The molecule has 0 fully saturated rings. The number of hydrogen-bond donors (Lipinski definition) is 1. The summed E-state index contributed by atoms with van der Waals surface area (Å²) in [4.78, 5) is 20.5. The van der Waals surface area contributed by atoms with Crippen LogP contribution in [-0.2, 0) is 31.3 Å². The molecule has 0 radical (unpaired) electrons. The SMILES string of the molecule is CC(=O)C(N)C(C)=O.[Ti]. The summed E-state index contributed by atoms with van der Waals surface area (Å²) in [6.07, 6.45) is 0. The van der Waals surface area contributed by atoms with Crippen molar-refractivity contribution in [3.8, 4) is 0 Å². The summed E-state index contributed by atoms with van der Waals surface area (Å²) in [6.45, 7) is 2.60. The fourth-order valence-electron chi connectivity index (χ4n) is 0.286. The number of nitrogens with two attached hydrogens (primary N) is 1. The van der Waals surface area contributed by atoms with Gasteiger partial charge in [0.2, 0.25) is 0 Å². The Morgan fingerprint density at radius 2 is 1.44 bits per heavy atom. The van der Waals surface area contributed by atoms with Crippen LogP contribution in [0.5, 0.6) is 0 Å². The van der Waals surface area contributed by atoms with E-state index in [9.17, 15) is 9.59 Å². The Balaban J connectivity index is 0. The molecule has 2 N–H and O–H groups in total. The summed E-state index contributed by atoms with van der Waals surface area (Å²) in [7, 11) is 0. The summed E-state index contributed by atoms with van der Waals surface area (Å²) >= 11 is 0. The molecule has 0 aliphatic rings. The zero-order valence-corrected chi connectivity index (χ0v) is 7.03. The standard InChI is InChI=1S/C5H9NO2.Ti/c1-3(7)5(6)4(2)8;/h5H,6H2,1-2H3;.